The van der Waals surface area contributed by atoms with Crippen LogP contribution in [0.3, 0.4) is 0 Å². The molecule has 0 saturated heterocycles. The van der Waals surface area contributed by atoms with Crippen molar-refractivity contribution in [3.05, 3.63) is 28.2 Å². The molecular weight excluding hydrogens is 194 g/mol. The van der Waals surface area contributed by atoms with Gasteiger partial charge in [-0.1, -0.05) is 15.9 Å². The summed E-state index contributed by atoms with van der Waals surface area (Å²) in [4.78, 5) is 0. The highest BCUT2D eigenvalue weighted by molar-refractivity contribution is 9.10. The van der Waals surface area contributed by atoms with Crippen molar-refractivity contribution < 1.29 is 5.11 Å². The average Bonchev–Trinajstić information content (AvgIpc) is 1.94. The minimum atomic E-state index is 0.137. The van der Waals surface area contributed by atoms with Gasteiger partial charge in [0.15, 0.2) is 0 Å². The third kappa shape index (κ3) is 1.36. The Hall–Kier alpha value is -0.830. The number of rotatable bonds is 1. The summed E-state index contributed by atoms with van der Waals surface area (Å²) < 4.78 is 0.865. The van der Waals surface area contributed by atoms with Gasteiger partial charge in [0.1, 0.15) is 5.75 Å². The van der Waals surface area contributed by atoms with E-state index in [-0.39, 0.29) is 5.75 Å². The summed E-state index contributed by atoms with van der Waals surface area (Å²) in [7, 11) is 0. The molecule has 1 aromatic carbocycles. The largest absolute Gasteiger partial charge is 0.507 e. The number of hydrogen-bond donors (Lipinski definition) is 2. The molecule has 0 aliphatic carbocycles. The van der Waals surface area contributed by atoms with E-state index in [4.69, 9.17) is 10.5 Å². The van der Waals surface area contributed by atoms with Crippen LogP contribution in [-0.2, 0) is 0 Å². The Bertz CT molecular complexity index is 260. The highest BCUT2D eigenvalue weighted by Crippen LogP contribution is 2.19. The maximum absolute atomic E-state index is 9.06. The molecule has 0 radical (unpaired) electrons. The van der Waals surface area contributed by atoms with E-state index in [9.17, 15) is 0 Å². The summed E-state index contributed by atoms with van der Waals surface area (Å²) in [6.07, 6.45) is 1.11. The number of phenolic OH excluding ortho intramolecular Hbond substituents is 1. The molecule has 0 bridgehead atoms. The van der Waals surface area contributed by atoms with Crippen molar-refractivity contribution in [2.45, 2.75) is 0 Å². The van der Waals surface area contributed by atoms with Crippen LogP contribution in [-0.4, -0.2) is 11.3 Å². The quantitative estimate of drug-likeness (QED) is 0.670. The van der Waals surface area contributed by atoms with Gasteiger partial charge < -0.3 is 10.5 Å². The summed E-state index contributed by atoms with van der Waals surface area (Å²) in [5.41, 5.74) is 0.523. The molecule has 0 fully saturated rings. The first-order chi connectivity index (χ1) is 4.74. The SMILES string of the molecule is N=Cc1cc(Br)ccc1O. The molecule has 1 rings (SSSR count). The number of halogens is 1. The van der Waals surface area contributed by atoms with Crippen LogP contribution in [0.25, 0.3) is 0 Å². The van der Waals surface area contributed by atoms with Crippen molar-refractivity contribution in [3.8, 4) is 5.75 Å². The predicted octanol–water partition coefficient (Wildman–Crippen LogP) is 2.15. The number of benzene rings is 1. The second kappa shape index (κ2) is 2.84. The Morgan fingerprint density at radius 3 is 2.70 bits per heavy atom. The number of hydrogen-bond acceptors (Lipinski definition) is 2. The minimum Gasteiger partial charge on any atom is -0.507 e. The maximum Gasteiger partial charge on any atom is 0.124 e. The van der Waals surface area contributed by atoms with Crippen molar-refractivity contribution in [1.82, 2.24) is 0 Å². The molecule has 2 N–H and O–H groups in total. The number of aromatic hydroxyl groups is 1. The molecule has 0 aliphatic heterocycles. The Balaban J connectivity index is 3.21. The van der Waals surface area contributed by atoms with E-state index in [1.807, 2.05) is 0 Å². The van der Waals surface area contributed by atoms with Crippen molar-refractivity contribution in [3.63, 3.8) is 0 Å². The lowest BCUT2D eigenvalue weighted by molar-refractivity contribution is 0.474. The molecule has 52 valence electrons. The van der Waals surface area contributed by atoms with Crippen LogP contribution in [0.5, 0.6) is 5.75 Å². The zero-order valence-electron chi connectivity index (χ0n) is 5.13. The molecule has 0 unspecified atom stereocenters. The molecule has 0 atom stereocenters. The third-order valence-corrected chi connectivity index (χ3v) is 1.64. The van der Waals surface area contributed by atoms with Crippen LogP contribution < -0.4 is 0 Å². The first-order valence-corrected chi connectivity index (χ1v) is 3.52. The molecule has 0 spiro atoms. The van der Waals surface area contributed by atoms with Crippen LogP contribution in [0.1, 0.15) is 5.56 Å². The van der Waals surface area contributed by atoms with Crippen LogP contribution in [0.15, 0.2) is 22.7 Å². The van der Waals surface area contributed by atoms with Crippen LogP contribution >= 0.6 is 15.9 Å². The highest BCUT2D eigenvalue weighted by atomic mass is 79.9. The average molecular weight is 200 g/mol. The van der Waals surface area contributed by atoms with Gasteiger partial charge in [-0.15, -0.1) is 0 Å². The van der Waals surface area contributed by atoms with Gasteiger partial charge in [0.25, 0.3) is 0 Å². The Morgan fingerprint density at radius 2 is 2.20 bits per heavy atom. The molecule has 1 aromatic rings. The van der Waals surface area contributed by atoms with Gasteiger partial charge in [0, 0.05) is 16.3 Å². The summed E-state index contributed by atoms with van der Waals surface area (Å²) in [5, 5.41) is 15.9. The predicted molar refractivity (Wildman–Crippen MR) is 43.7 cm³/mol. The van der Waals surface area contributed by atoms with Crippen LogP contribution in [0.4, 0.5) is 0 Å². The second-order valence-electron chi connectivity index (χ2n) is 1.85. The zero-order valence-corrected chi connectivity index (χ0v) is 6.72. The fourth-order valence-electron chi connectivity index (χ4n) is 0.641. The Labute approximate surface area is 67.1 Å². The lowest BCUT2D eigenvalue weighted by Gasteiger charge is -1.96. The van der Waals surface area contributed by atoms with Gasteiger partial charge in [-0.3, -0.25) is 0 Å². The van der Waals surface area contributed by atoms with E-state index >= 15 is 0 Å². The minimum absolute atomic E-state index is 0.137. The van der Waals surface area contributed by atoms with E-state index in [2.05, 4.69) is 15.9 Å². The van der Waals surface area contributed by atoms with E-state index < -0.39 is 0 Å². The first-order valence-electron chi connectivity index (χ1n) is 2.73. The standard InChI is InChI=1S/C7H6BrNO/c8-6-1-2-7(10)5(3-6)4-9/h1-4,9-10H. The maximum atomic E-state index is 9.06. The summed E-state index contributed by atoms with van der Waals surface area (Å²) >= 11 is 3.22. The van der Waals surface area contributed by atoms with Crippen LogP contribution in [0.2, 0.25) is 0 Å². The topological polar surface area (TPSA) is 44.1 Å². The molecular formula is C7H6BrNO. The van der Waals surface area contributed by atoms with Gasteiger partial charge in [-0.05, 0) is 18.2 Å². The molecule has 2 nitrogen and oxygen atoms in total. The van der Waals surface area contributed by atoms with Gasteiger partial charge in [0.2, 0.25) is 0 Å². The molecule has 0 heterocycles. The van der Waals surface area contributed by atoms with Crippen molar-refractivity contribution >= 4 is 22.1 Å². The first kappa shape index (κ1) is 7.28. The molecule has 0 aliphatic rings. The lowest BCUT2D eigenvalue weighted by Crippen LogP contribution is -1.79. The van der Waals surface area contributed by atoms with Crippen molar-refractivity contribution in [2.24, 2.45) is 0 Å². The van der Waals surface area contributed by atoms with E-state index in [1.165, 1.54) is 0 Å². The van der Waals surface area contributed by atoms with Gasteiger partial charge in [0.05, 0.1) is 0 Å². The van der Waals surface area contributed by atoms with Crippen molar-refractivity contribution in [1.29, 1.82) is 5.41 Å². The Kier molecular flexibility index (Phi) is 2.06. The summed E-state index contributed by atoms with van der Waals surface area (Å²) in [6, 6.07) is 4.95. The zero-order chi connectivity index (χ0) is 7.56. The monoisotopic (exact) mass is 199 g/mol. The Morgan fingerprint density at radius 1 is 1.50 bits per heavy atom. The summed E-state index contributed by atoms with van der Waals surface area (Å²) in [5.74, 6) is 0.137. The third-order valence-electron chi connectivity index (χ3n) is 1.15. The highest BCUT2D eigenvalue weighted by Gasteiger charge is 1.96. The lowest BCUT2D eigenvalue weighted by atomic mass is 10.2. The molecule has 3 heteroatoms. The fraction of sp³-hybridized carbons (Fsp3) is 0. The molecule has 0 saturated carbocycles. The van der Waals surface area contributed by atoms with E-state index in [1.54, 1.807) is 18.2 Å². The van der Waals surface area contributed by atoms with Gasteiger partial charge in [-0.2, -0.15) is 0 Å². The molecule has 0 aromatic heterocycles. The van der Waals surface area contributed by atoms with E-state index in [0.29, 0.717) is 5.56 Å². The molecule has 10 heavy (non-hydrogen) atoms. The normalized spacial score (nSPS) is 9.30. The van der Waals surface area contributed by atoms with Crippen LogP contribution in [0, 0.1) is 5.41 Å². The van der Waals surface area contributed by atoms with E-state index in [0.717, 1.165) is 10.7 Å². The van der Waals surface area contributed by atoms with Gasteiger partial charge in [-0.25, -0.2) is 0 Å². The smallest absolute Gasteiger partial charge is 0.124 e. The number of nitrogens with one attached hydrogen (secondary N) is 1. The fourth-order valence-corrected chi connectivity index (χ4v) is 1.02. The number of phenols is 1. The molecule has 0 amide bonds. The van der Waals surface area contributed by atoms with Crippen molar-refractivity contribution in [2.75, 3.05) is 0 Å². The summed E-state index contributed by atoms with van der Waals surface area (Å²) in [6.45, 7) is 0. The van der Waals surface area contributed by atoms with Gasteiger partial charge >= 0.3 is 0 Å². The second-order valence-corrected chi connectivity index (χ2v) is 2.76.